The first kappa shape index (κ1) is 24.2. The minimum Gasteiger partial charge on any atom is -0.425 e. The van der Waals surface area contributed by atoms with E-state index in [4.69, 9.17) is 19.9 Å². The number of esters is 2. The van der Waals surface area contributed by atoms with Gasteiger partial charge in [0.1, 0.15) is 11.7 Å². The predicted octanol–water partition coefficient (Wildman–Crippen LogP) is 4.18. The van der Waals surface area contributed by atoms with E-state index in [1.165, 1.54) is 32.3 Å². The first-order valence-electron chi connectivity index (χ1n) is 13.0. The second-order valence-corrected chi connectivity index (χ2v) is 11.9. The van der Waals surface area contributed by atoms with Crippen molar-refractivity contribution in [1.29, 1.82) is 0 Å². The molecule has 6 nitrogen and oxygen atoms in total. The molecule has 0 radical (unpaired) electrons. The molecular weight excluding hydrogens is 475 g/mol. The van der Waals surface area contributed by atoms with E-state index in [0.717, 1.165) is 31.4 Å². The highest BCUT2D eigenvalue weighted by molar-refractivity contribution is 5.84. The van der Waals surface area contributed by atoms with Crippen molar-refractivity contribution in [3.05, 3.63) is 35.4 Å². The average molecular weight is 508 g/mol. The molecule has 1 aromatic rings. The van der Waals surface area contributed by atoms with Crippen molar-refractivity contribution in [2.45, 2.75) is 82.6 Å². The number of hydrogen-bond acceptors (Lipinski definition) is 6. The lowest BCUT2D eigenvalue weighted by Crippen LogP contribution is -2.60. The summed E-state index contributed by atoms with van der Waals surface area (Å²) in [6, 6.07) is 3.36. The third-order valence-corrected chi connectivity index (χ3v) is 9.45. The summed E-state index contributed by atoms with van der Waals surface area (Å²) in [6.45, 7) is 1.35. The van der Waals surface area contributed by atoms with Crippen molar-refractivity contribution in [2.24, 2.45) is 40.7 Å². The number of rotatable bonds is 7. The molecule has 4 bridgehead atoms. The minimum atomic E-state index is -1.76. The van der Waals surface area contributed by atoms with Gasteiger partial charge in [0.25, 0.3) is 0 Å². The molecule has 6 aliphatic rings. The van der Waals surface area contributed by atoms with Gasteiger partial charge in [-0.2, -0.15) is 0 Å². The van der Waals surface area contributed by atoms with Crippen molar-refractivity contribution in [3.63, 3.8) is 0 Å². The number of benzene rings is 1. The Bertz CT molecular complexity index is 1050. The van der Waals surface area contributed by atoms with Gasteiger partial charge in [-0.1, -0.05) is 6.07 Å². The maximum Gasteiger partial charge on any atom is 0.332 e. The third-order valence-electron chi connectivity index (χ3n) is 9.45. The molecular formula is C27H32F3NO5. The van der Waals surface area contributed by atoms with Crippen LogP contribution in [0.3, 0.4) is 0 Å². The normalized spacial score (nSPS) is 42.6. The van der Waals surface area contributed by atoms with E-state index < -0.39 is 59.0 Å². The number of ether oxygens (including phenoxy) is 3. The molecule has 0 amide bonds. The molecule has 196 valence electrons. The summed E-state index contributed by atoms with van der Waals surface area (Å²) in [4.78, 5) is 26.4. The average Bonchev–Trinajstić information content (AvgIpc) is 3.34. The van der Waals surface area contributed by atoms with Crippen molar-refractivity contribution in [3.8, 4) is 0 Å². The second kappa shape index (κ2) is 8.45. The Balaban J connectivity index is 1.10. The quantitative estimate of drug-likeness (QED) is 0.440. The molecule has 9 heteroatoms. The minimum absolute atomic E-state index is 0.124. The second-order valence-electron chi connectivity index (χ2n) is 11.9. The number of carbonyl (C=O) groups excluding carboxylic acids is 2. The van der Waals surface area contributed by atoms with Gasteiger partial charge in [-0.3, -0.25) is 4.79 Å². The van der Waals surface area contributed by atoms with Crippen LogP contribution in [0.2, 0.25) is 0 Å². The van der Waals surface area contributed by atoms with Crippen LogP contribution in [0, 0.1) is 46.6 Å². The molecule has 6 unspecified atom stereocenters. The van der Waals surface area contributed by atoms with Gasteiger partial charge in [0, 0.05) is 18.8 Å². The highest BCUT2D eigenvalue weighted by Crippen LogP contribution is 2.61. The molecule has 6 atom stereocenters. The monoisotopic (exact) mass is 507 g/mol. The largest absolute Gasteiger partial charge is 0.425 e. The fourth-order valence-corrected chi connectivity index (χ4v) is 8.10. The van der Waals surface area contributed by atoms with E-state index >= 15 is 0 Å². The smallest absolute Gasteiger partial charge is 0.332 e. The molecule has 0 aromatic heterocycles. The topological polar surface area (TPSA) is 87.9 Å². The highest BCUT2D eigenvalue weighted by atomic mass is 19.2. The number of fused-ring (bicyclic) bond motifs is 1. The fraction of sp³-hybridized carbons (Fsp3) is 0.704. The van der Waals surface area contributed by atoms with Crippen LogP contribution >= 0.6 is 0 Å². The first-order valence-corrected chi connectivity index (χ1v) is 13.0. The molecule has 36 heavy (non-hydrogen) atoms. The molecule has 7 rings (SSSR count). The van der Waals surface area contributed by atoms with E-state index in [-0.39, 0.29) is 19.0 Å². The Hall–Kier alpha value is -2.13. The van der Waals surface area contributed by atoms with Crippen LogP contribution in [-0.2, 0) is 30.4 Å². The van der Waals surface area contributed by atoms with Gasteiger partial charge in [0.05, 0.1) is 18.1 Å². The van der Waals surface area contributed by atoms with E-state index in [0.29, 0.717) is 23.3 Å². The Labute approximate surface area is 208 Å². The lowest BCUT2D eigenvalue weighted by atomic mass is 9.49. The Kier molecular flexibility index (Phi) is 5.68. The number of hydrogen-bond donors (Lipinski definition) is 1. The molecule has 6 saturated carbocycles. The first-order chi connectivity index (χ1) is 17.1. The van der Waals surface area contributed by atoms with Crippen molar-refractivity contribution in [1.82, 2.24) is 0 Å². The zero-order valence-electron chi connectivity index (χ0n) is 20.3. The predicted molar refractivity (Wildman–Crippen MR) is 121 cm³/mol. The van der Waals surface area contributed by atoms with E-state index in [9.17, 15) is 22.8 Å². The highest BCUT2D eigenvalue weighted by Gasteiger charge is 2.73. The van der Waals surface area contributed by atoms with E-state index in [2.05, 4.69) is 0 Å². The molecule has 6 aliphatic carbocycles. The van der Waals surface area contributed by atoms with Gasteiger partial charge in [0.2, 0.25) is 6.29 Å². The van der Waals surface area contributed by atoms with Crippen molar-refractivity contribution >= 4 is 11.9 Å². The summed E-state index contributed by atoms with van der Waals surface area (Å²) < 4.78 is 58.0. The zero-order chi connectivity index (χ0) is 25.4. The molecule has 1 aromatic carbocycles. The van der Waals surface area contributed by atoms with Gasteiger partial charge in [0.15, 0.2) is 11.6 Å². The lowest BCUT2D eigenvalue weighted by Gasteiger charge is -2.55. The van der Waals surface area contributed by atoms with Gasteiger partial charge >= 0.3 is 11.9 Å². The maximum atomic E-state index is 14.4. The van der Waals surface area contributed by atoms with Crippen LogP contribution < -0.4 is 5.73 Å². The van der Waals surface area contributed by atoms with Crippen LogP contribution in [0.1, 0.15) is 57.4 Å². The zero-order valence-corrected chi connectivity index (χ0v) is 20.3. The molecule has 0 spiro atoms. The Morgan fingerprint density at radius 1 is 1.00 bits per heavy atom. The van der Waals surface area contributed by atoms with Crippen molar-refractivity contribution in [2.75, 3.05) is 0 Å². The maximum absolute atomic E-state index is 14.4. The van der Waals surface area contributed by atoms with Crippen LogP contribution in [0.5, 0.6) is 0 Å². The number of alkyl halides is 1. The fourth-order valence-electron chi connectivity index (χ4n) is 8.10. The van der Waals surface area contributed by atoms with Crippen LogP contribution in [0.25, 0.3) is 0 Å². The molecule has 0 heterocycles. The number of nitrogens with two attached hydrogens (primary N) is 1. The molecule has 2 N–H and O–H groups in total. The van der Waals surface area contributed by atoms with E-state index in [1.54, 1.807) is 0 Å². The van der Waals surface area contributed by atoms with Crippen LogP contribution in [0.15, 0.2) is 18.2 Å². The Morgan fingerprint density at radius 3 is 2.22 bits per heavy atom. The summed E-state index contributed by atoms with van der Waals surface area (Å²) >= 11 is 0. The third kappa shape index (κ3) is 3.85. The van der Waals surface area contributed by atoms with Crippen molar-refractivity contribution < 1.29 is 37.0 Å². The van der Waals surface area contributed by atoms with E-state index in [1.807, 2.05) is 0 Å². The summed E-state index contributed by atoms with van der Waals surface area (Å²) in [5, 5.41) is 0. The number of halogens is 3. The lowest BCUT2D eigenvalue weighted by molar-refractivity contribution is -0.206. The standard InChI is InChI=1S/C27H32F3NO5/c1-13(35-24(32)26-9-15-4-16(10-26)6-17(5-15)11-26)36-25(33)27(31)21(8-18-22(27)23(18)30)34-12-14-2-3-19(28)20(29)7-14/h2-3,7,13,15-18,21-23H,4-6,8-12,31H2,1H3. The summed E-state index contributed by atoms with van der Waals surface area (Å²) in [5.41, 5.74) is 4.56. The molecule has 0 saturated heterocycles. The summed E-state index contributed by atoms with van der Waals surface area (Å²) in [6.07, 6.45) is 2.97. The van der Waals surface area contributed by atoms with Gasteiger partial charge < -0.3 is 19.9 Å². The van der Waals surface area contributed by atoms with Crippen LogP contribution in [0.4, 0.5) is 13.2 Å². The summed E-state index contributed by atoms with van der Waals surface area (Å²) in [7, 11) is 0. The molecule has 0 aliphatic heterocycles. The van der Waals surface area contributed by atoms with Gasteiger partial charge in [-0.05, 0) is 80.4 Å². The number of carbonyl (C=O) groups is 2. The van der Waals surface area contributed by atoms with Gasteiger partial charge in [-0.15, -0.1) is 0 Å². The molecule has 6 fully saturated rings. The van der Waals surface area contributed by atoms with Crippen LogP contribution in [-0.4, -0.2) is 36.0 Å². The summed E-state index contributed by atoms with van der Waals surface area (Å²) in [5.74, 6) is -2.69. The Morgan fingerprint density at radius 2 is 1.61 bits per heavy atom. The van der Waals surface area contributed by atoms with Gasteiger partial charge in [-0.25, -0.2) is 18.0 Å². The SMILES string of the molecule is CC(OC(=O)C12CC3CC(CC(C3)C1)C2)OC(=O)C1(N)C(OCc2ccc(F)c(F)c2)CC2C(F)C21.